The highest BCUT2D eigenvalue weighted by molar-refractivity contribution is 5.76. The predicted molar refractivity (Wildman–Crippen MR) is 114 cm³/mol. The fraction of sp³-hybridized carbons (Fsp3) is 0.667. The predicted octanol–water partition coefficient (Wildman–Crippen LogP) is 6.85. The van der Waals surface area contributed by atoms with Gasteiger partial charge in [0, 0.05) is 12.8 Å². The summed E-state index contributed by atoms with van der Waals surface area (Å²) in [6.45, 7) is 8.85. The molecule has 0 saturated heterocycles. The van der Waals surface area contributed by atoms with E-state index in [-0.39, 0.29) is 11.9 Å². The molecule has 1 aromatic carbocycles. The summed E-state index contributed by atoms with van der Waals surface area (Å²) in [4.78, 5) is 24.2. The number of para-hydroxylation sites is 2. The van der Waals surface area contributed by atoms with Gasteiger partial charge >= 0.3 is 11.9 Å². The standard InChI is InChI=1S/C24H38O4/c1-5-6-7-8-10-17-22(25)27-20-15-12-13-16-21(20)28-23(26)18-11-9-14-19-24(2,3)4/h12-13,15-16H,5-11,14,17-19H2,1-4H3. The SMILES string of the molecule is CCCCCCCC(=O)Oc1ccccc1OC(=O)CCCCCC(C)(C)C. The number of rotatable bonds is 13. The van der Waals surface area contributed by atoms with Crippen molar-refractivity contribution in [2.45, 2.75) is 98.3 Å². The molecular formula is C24H38O4. The molecule has 0 saturated carbocycles. The van der Waals surface area contributed by atoms with Gasteiger partial charge in [0.2, 0.25) is 0 Å². The number of carbonyl (C=O) groups is 2. The average Bonchev–Trinajstić information content (AvgIpc) is 2.62. The lowest BCUT2D eigenvalue weighted by Crippen LogP contribution is -2.12. The van der Waals surface area contributed by atoms with Crippen LogP contribution in [0.4, 0.5) is 0 Å². The van der Waals surface area contributed by atoms with Gasteiger partial charge < -0.3 is 9.47 Å². The fourth-order valence-electron chi connectivity index (χ4n) is 2.94. The van der Waals surface area contributed by atoms with Crippen LogP contribution in [0.2, 0.25) is 0 Å². The van der Waals surface area contributed by atoms with Gasteiger partial charge in [-0.05, 0) is 36.8 Å². The van der Waals surface area contributed by atoms with Gasteiger partial charge in [-0.1, -0.05) is 78.4 Å². The van der Waals surface area contributed by atoms with Crippen LogP contribution in [0.15, 0.2) is 24.3 Å². The smallest absolute Gasteiger partial charge is 0.311 e. The first-order chi connectivity index (χ1) is 13.3. The maximum Gasteiger partial charge on any atom is 0.311 e. The number of esters is 2. The average molecular weight is 391 g/mol. The first-order valence-corrected chi connectivity index (χ1v) is 10.8. The Morgan fingerprint density at radius 2 is 1.21 bits per heavy atom. The number of hydrogen-bond acceptors (Lipinski definition) is 4. The Hall–Kier alpha value is -1.84. The van der Waals surface area contributed by atoms with Crippen LogP contribution >= 0.6 is 0 Å². The molecule has 0 fully saturated rings. The highest BCUT2D eigenvalue weighted by Crippen LogP contribution is 2.28. The van der Waals surface area contributed by atoms with Gasteiger partial charge in [-0.2, -0.15) is 0 Å². The zero-order chi connectivity index (χ0) is 20.8. The van der Waals surface area contributed by atoms with Gasteiger partial charge in [0.15, 0.2) is 11.5 Å². The molecule has 0 heterocycles. The number of ether oxygens (including phenoxy) is 2. The molecular weight excluding hydrogens is 352 g/mol. The van der Waals surface area contributed by atoms with Gasteiger partial charge in [-0.15, -0.1) is 0 Å². The van der Waals surface area contributed by atoms with Crippen LogP contribution in [0.3, 0.4) is 0 Å². The Labute approximate surface area is 171 Å². The summed E-state index contributed by atoms with van der Waals surface area (Å²) in [5, 5.41) is 0. The lowest BCUT2D eigenvalue weighted by molar-refractivity contribution is -0.137. The van der Waals surface area contributed by atoms with Crippen LogP contribution in [0, 0.1) is 5.41 Å². The quantitative estimate of drug-likeness (QED) is 0.210. The van der Waals surface area contributed by atoms with E-state index in [0.717, 1.165) is 44.9 Å². The van der Waals surface area contributed by atoms with E-state index in [1.54, 1.807) is 24.3 Å². The van der Waals surface area contributed by atoms with Gasteiger partial charge in [-0.3, -0.25) is 9.59 Å². The molecule has 0 bridgehead atoms. The second kappa shape index (κ2) is 13.4. The molecule has 158 valence electrons. The normalized spacial score (nSPS) is 11.3. The van der Waals surface area contributed by atoms with E-state index in [9.17, 15) is 9.59 Å². The second-order valence-electron chi connectivity index (χ2n) is 8.68. The van der Waals surface area contributed by atoms with E-state index in [0.29, 0.717) is 29.8 Å². The highest BCUT2D eigenvalue weighted by atomic mass is 16.6. The Morgan fingerprint density at radius 3 is 1.68 bits per heavy atom. The lowest BCUT2D eigenvalue weighted by atomic mass is 9.89. The number of carbonyl (C=O) groups excluding carboxylic acids is 2. The van der Waals surface area contributed by atoms with Crippen molar-refractivity contribution in [1.29, 1.82) is 0 Å². The van der Waals surface area contributed by atoms with Gasteiger partial charge in [0.1, 0.15) is 0 Å². The van der Waals surface area contributed by atoms with Crippen molar-refractivity contribution >= 4 is 11.9 Å². The number of hydrogen-bond donors (Lipinski definition) is 0. The monoisotopic (exact) mass is 390 g/mol. The molecule has 0 aliphatic rings. The first-order valence-electron chi connectivity index (χ1n) is 10.8. The minimum absolute atomic E-state index is 0.276. The van der Waals surface area contributed by atoms with Crippen LogP contribution in [-0.4, -0.2) is 11.9 Å². The molecule has 1 aromatic rings. The maximum atomic E-state index is 12.1. The van der Waals surface area contributed by atoms with Gasteiger partial charge in [0.05, 0.1) is 0 Å². The third kappa shape index (κ3) is 11.8. The largest absolute Gasteiger partial charge is 0.423 e. The van der Waals surface area contributed by atoms with E-state index >= 15 is 0 Å². The molecule has 4 nitrogen and oxygen atoms in total. The van der Waals surface area contributed by atoms with Crippen molar-refractivity contribution in [1.82, 2.24) is 0 Å². The van der Waals surface area contributed by atoms with Crippen LogP contribution in [-0.2, 0) is 9.59 Å². The molecule has 0 aromatic heterocycles. The van der Waals surface area contributed by atoms with Crippen molar-refractivity contribution in [3.8, 4) is 11.5 Å². The summed E-state index contributed by atoms with van der Waals surface area (Å²) in [7, 11) is 0. The van der Waals surface area contributed by atoms with Crippen molar-refractivity contribution in [3.05, 3.63) is 24.3 Å². The summed E-state index contributed by atoms with van der Waals surface area (Å²) < 4.78 is 10.9. The van der Waals surface area contributed by atoms with Crippen molar-refractivity contribution in [2.75, 3.05) is 0 Å². The summed E-state index contributed by atoms with van der Waals surface area (Å²) in [6, 6.07) is 6.88. The summed E-state index contributed by atoms with van der Waals surface area (Å²) in [5.41, 5.74) is 0.333. The first kappa shape index (κ1) is 24.2. The molecule has 0 unspecified atom stereocenters. The molecule has 1 rings (SSSR count). The molecule has 4 heteroatoms. The van der Waals surface area contributed by atoms with Crippen molar-refractivity contribution in [3.63, 3.8) is 0 Å². The van der Waals surface area contributed by atoms with Gasteiger partial charge in [-0.25, -0.2) is 0 Å². The molecule has 0 spiro atoms. The lowest BCUT2D eigenvalue weighted by Gasteiger charge is -2.17. The fourth-order valence-corrected chi connectivity index (χ4v) is 2.94. The van der Waals surface area contributed by atoms with Crippen LogP contribution in [0.25, 0.3) is 0 Å². The van der Waals surface area contributed by atoms with Crippen LogP contribution in [0.5, 0.6) is 11.5 Å². The van der Waals surface area contributed by atoms with Crippen molar-refractivity contribution < 1.29 is 19.1 Å². The Kier molecular flexibility index (Phi) is 11.5. The second-order valence-corrected chi connectivity index (χ2v) is 8.68. The third-order valence-electron chi connectivity index (χ3n) is 4.59. The zero-order valence-electron chi connectivity index (χ0n) is 18.2. The summed E-state index contributed by atoms with van der Waals surface area (Å²) in [6.07, 6.45) is 10.3. The van der Waals surface area contributed by atoms with E-state index in [1.165, 1.54) is 12.8 Å². The molecule has 0 aliphatic carbocycles. The minimum atomic E-state index is -0.279. The molecule has 0 atom stereocenters. The molecule has 0 aliphatic heterocycles. The Balaban J connectivity index is 2.37. The summed E-state index contributed by atoms with van der Waals surface area (Å²) >= 11 is 0. The van der Waals surface area contributed by atoms with Crippen LogP contribution in [0.1, 0.15) is 98.3 Å². The Morgan fingerprint density at radius 1 is 0.750 bits per heavy atom. The van der Waals surface area contributed by atoms with E-state index in [1.807, 2.05) is 0 Å². The third-order valence-corrected chi connectivity index (χ3v) is 4.59. The molecule has 0 amide bonds. The zero-order valence-corrected chi connectivity index (χ0v) is 18.2. The highest BCUT2D eigenvalue weighted by Gasteiger charge is 2.14. The molecule has 0 N–H and O–H groups in total. The van der Waals surface area contributed by atoms with Crippen LogP contribution < -0.4 is 9.47 Å². The number of benzene rings is 1. The van der Waals surface area contributed by atoms with Crippen molar-refractivity contribution in [2.24, 2.45) is 5.41 Å². The van der Waals surface area contributed by atoms with Gasteiger partial charge in [0.25, 0.3) is 0 Å². The topological polar surface area (TPSA) is 52.6 Å². The minimum Gasteiger partial charge on any atom is -0.423 e. The van der Waals surface area contributed by atoms with E-state index in [2.05, 4.69) is 27.7 Å². The summed E-state index contributed by atoms with van der Waals surface area (Å²) in [5.74, 6) is 0.0877. The van der Waals surface area contributed by atoms with E-state index in [4.69, 9.17) is 9.47 Å². The molecule has 28 heavy (non-hydrogen) atoms. The maximum absolute atomic E-state index is 12.1. The number of unbranched alkanes of at least 4 members (excludes halogenated alkanes) is 6. The Bertz CT molecular complexity index is 587. The molecule has 0 radical (unpaired) electrons. The van der Waals surface area contributed by atoms with E-state index < -0.39 is 0 Å².